The number of anilines is 1. The molecule has 3 amide bonds. The maximum Gasteiger partial charge on any atom is 0.354 e. The summed E-state index contributed by atoms with van der Waals surface area (Å²) >= 11 is 0. The topological polar surface area (TPSA) is 87.2 Å². The molecule has 8 heteroatoms. The molecule has 3 aliphatic rings. The van der Waals surface area contributed by atoms with E-state index in [-0.39, 0.29) is 42.6 Å². The lowest BCUT2D eigenvalue weighted by molar-refractivity contribution is -0.162. The lowest BCUT2D eigenvalue weighted by atomic mass is 9.96. The van der Waals surface area contributed by atoms with Crippen LogP contribution in [0.25, 0.3) is 0 Å². The zero-order valence-electron chi connectivity index (χ0n) is 19.3. The highest BCUT2D eigenvalue weighted by atomic mass is 16.5. The van der Waals surface area contributed by atoms with E-state index < -0.39 is 18.2 Å². The van der Waals surface area contributed by atoms with E-state index in [2.05, 4.69) is 0 Å². The summed E-state index contributed by atoms with van der Waals surface area (Å²) < 4.78 is 5.56. The standard InChI is InChI=1S/C26H27N3O5/c1-17(18-8-4-3-5-9-18)27(2)23(31)16-34-25(33)26-15-14-22(30)29(26)21-11-7-6-10-20(21)24(32)28(26)19-12-13-19/h3-11,17,19H,12-16H2,1-2H3. The van der Waals surface area contributed by atoms with E-state index in [1.165, 1.54) is 14.7 Å². The van der Waals surface area contributed by atoms with Crippen molar-refractivity contribution in [3.63, 3.8) is 0 Å². The molecule has 2 atom stereocenters. The van der Waals surface area contributed by atoms with Gasteiger partial charge >= 0.3 is 5.97 Å². The molecule has 0 radical (unpaired) electrons. The number of para-hydroxylation sites is 1. The van der Waals surface area contributed by atoms with Crippen molar-refractivity contribution in [2.75, 3.05) is 18.6 Å². The maximum absolute atomic E-state index is 13.6. The van der Waals surface area contributed by atoms with Crippen molar-refractivity contribution < 1.29 is 23.9 Å². The number of fused-ring (bicyclic) bond motifs is 3. The van der Waals surface area contributed by atoms with Gasteiger partial charge in [0, 0.05) is 25.9 Å². The Morgan fingerprint density at radius 1 is 1.09 bits per heavy atom. The molecule has 2 fully saturated rings. The summed E-state index contributed by atoms with van der Waals surface area (Å²) in [5, 5.41) is 0. The van der Waals surface area contributed by atoms with Gasteiger partial charge in [0.1, 0.15) is 0 Å². The third-order valence-corrected chi connectivity index (χ3v) is 7.12. The number of hydrogen-bond donors (Lipinski definition) is 0. The van der Waals surface area contributed by atoms with Gasteiger partial charge in [0.25, 0.3) is 11.8 Å². The number of likely N-dealkylation sites (N-methyl/N-ethyl adjacent to an activating group) is 1. The SMILES string of the molecule is CC(c1ccccc1)N(C)C(=O)COC(=O)C12CCC(=O)N1c1ccccc1C(=O)N2C1CC1. The summed E-state index contributed by atoms with van der Waals surface area (Å²) in [5.41, 5.74) is 0.240. The molecule has 0 N–H and O–H groups in total. The van der Waals surface area contributed by atoms with Crippen molar-refractivity contribution in [3.8, 4) is 0 Å². The molecule has 8 nitrogen and oxygen atoms in total. The lowest BCUT2D eigenvalue weighted by Crippen LogP contribution is -2.69. The van der Waals surface area contributed by atoms with Crippen LogP contribution in [0.1, 0.15) is 54.6 Å². The number of amides is 3. The fourth-order valence-electron chi connectivity index (χ4n) is 5.03. The van der Waals surface area contributed by atoms with Gasteiger partial charge in [0.05, 0.1) is 17.3 Å². The van der Waals surface area contributed by atoms with E-state index in [9.17, 15) is 19.2 Å². The van der Waals surface area contributed by atoms with Crippen LogP contribution in [0.3, 0.4) is 0 Å². The van der Waals surface area contributed by atoms with Gasteiger partial charge in [0.15, 0.2) is 6.61 Å². The highest BCUT2D eigenvalue weighted by Gasteiger charge is 2.64. The molecular formula is C26H27N3O5. The predicted molar refractivity (Wildman–Crippen MR) is 124 cm³/mol. The third-order valence-electron chi connectivity index (χ3n) is 7.12. The Morgan fingerprint density at radius 3 is 2.47 bits per heavy atom. The van der Waals surface area contributed by atoms with E-state index in [4.69, 9.17) is 4.74 Å². The van der Waals surface area contributed by atoms with Crippen LogP contribution in [0.4, 0.5) is 5.69 Å². The van der Waals surface area contributed by atoms with Gasteiger partial charge in [-0.1, -0.05) is 42.5 Å². The first-order chi connectivity index (χ1) is 16.4. The van der Waals surface area contributed by atoms with Gasteiger partial charge in [-0.2, -0.15) is 0 Å². The molecule has 2 unspecified atom stereocenters. The Hall–Kier alpha value is -3.68. The number of benzene rings is 2. The second kappa shape index (κ2) is 8.27. The van der Waals surface area contributed by atoms with Crippen molar-refractivity contribution in [2.45, 2.75) is 50.4 Å². The van der Waals surface area contributed by atoms with Crippen LogP contribution >= 0.6 is 0 Å². The molecule has 0 aromatic heterocycles. The molecule has 0 bridgehead atoms. The maximum atomic E-state index is 13.6. The summed E-state index contributed by atoms with van der Waals surface area (Å²) in [5.74, 6) is -1.61. The minimum Gasteiger partial charge on any atom is -0.452 e. The van der Waals surface area contributed by atoms with Gasteiger partial charge in [-0.05, 0) is 37.5 Å². The van der Waals surface area contributed by atoms with E-state index in [0.29, 0.717) is 11.3 Å². The minimum absolute atomic E-state index is 0.124. The van der Waals surface area contributed by atoms with Crippen molar-refractivity contribution >= 4 is 29.4 Å². The third kappa shape index (κ3) is 3.36. The fraction of sp³-hybridized carbons (Fsp3) is 0.385. The van der Waals surface area contributed by atoms with E-state index in [1.54, 1.807) is 31.3 Å². The quantitative estimate of drug-likeness (QED) is 0.618. The lowest BCUT2D eigenvalue weighted by Gasteiger charge is -2.48. The molecule has 34 heavy (non-hydrogen) atoms. The van der Waals surface area contributed by atoms with Gasteiger partial charge in [-0.3, -0.25) is 19.3 Å². The number of hydrogen-bond acceptors (Lipinski definition) is 5. The Labute approximate surface area is 198 Å². The van der Waals surface area contributed by atoms with Gasteiger partial charge in [0.2, 0.25) is 11.6 Å². The monoisotopic (exact) mass is 461 g/mol. The zero-order valence-corrected chi connectivity index (χ0v) is 19.3. The number of rotatable bonds is 6. The molecular weight excluding hydrogens is 434 g/mol. The summed E-state index contributed by atoms with van der Waals surface area (Å²) in [7, 11) is 1.66. The average Bonchev–Trinajstić information content (AvgIpc) is 3.64. The average molecular weight is 462 g/mol. The Balaban J connectivity index is 1.40. The molecule has 1 saturated heterocycles. The van der Waals surface area contributed by atoms with Crippen LogP contribution in [0.2, 0.25) is 0 Å². The molecule has 1 saturated carbocycles. The number of nitrogens with zero attached hydrogens (tertiary/aromatic N) is 3. The van der Waals surface area contributed by atoms with Crippen LogP contribution in [-0.2, 0) is 19.1 Å². The number of esters is 1. The predicted octanol–water partition coefficient (Wildman–Crippen LogP) is 2.89. The first kappa shape index (κ1) is 22.1. The zero-order chi connectivity index (χ0) is 24.0. The minimum atomic E-state index is -1.55. The second-order valence-corrected chi connectivity index (χ2v) is 9.14. The Bertz CT molecular complexity index is 1160. The van der Waals surface area contributed by atoms with Crippen molar-refractivity contribution in [3.05, 3.63) is 65.7 Å². The van der Waals surface area contributed by atoms with Crippen molar-refractivity contribution in [1.82, 2.24) is 9.80 Å². The molecule has 2 heterocycles. The molecule has 2 aromatic carbocycles. The largest absolute Gasteiger partial charge is 0.452 e. The molecule has 176 valence electrons. The molecule has 1 aliphatic carbocycles. The van der Waals surface area contributed by atoms with E-state index >= 15 is 0 Å². The number of carbonyl (C=O) groups excluding carboxylic acids is 4. The second-order valence-electron chi connectivity index (χ2n) is 9.14. The molecule has 2 aromatic rings. The van der Waals surface area contributed by atoms with Gasteiger partial charge in [-0.15, -0.1) is 0 Å². The molecule has 2 aliphatic heterocycles. The smallest absolute Gasteiger partial charge is 0.354 e. The highest BCUT2D eigenvalue weighted by molar-refractivity contribution is 6.15. The summed E-state index contributed by atoms with van der Waals surface area (Å²) in [6.07, 6.45) is 1.80. The summed E-state index contributed by atoms with van der Waals surface area (Å²) in [4.78, 5) is 57.4. The summed E-state index contributed by atoms with van der Waals surface area (Å²) in [6, 6.07) is 16.1. The van der Waals surface area contributed by atoms with Crippen LogP contribution in [0, 0.1) is 0 Å². The fourth-order valence-corrected chi connectivity index (χ4v) is 5.03. The van der Waals surface area contributed by atoms with Crippen molar-refractivity contribution in [1.29, 1.82) is 0 Å². The molecule has 0 spiro atoms. The van der Waals surface area contributed by atoms with Gasteiger partial charge < -0.3 is 14.5 Å². The Morgan fingerprint density at radius 2 is 1.76 bits per heavy atom. The molecule has 5 rings (SSSR count). The number of carbonyl (C=O) groups is 4. The van der Waals surface area contributed by atoms with E-state index in [0.717, 1.165) is 18.4 Å². The normalized spacial score (nSPS) is 22.2. The van der Waals surface area contributed by atoms with Crippen LogP contribution < -0.4 is 4.90 Å². The first-order valence-corrected chi connectivity index (χ1v) is 11.6. The Kier molecular flexibility index (Phi) is 5.38. The van der Waals surface area contributed by atoms with Crippen LogP contribution in [-0.4, -0.2) is 58.8 Å². The van der Waals surface area contributed by atoms with Crippen molar-refractivity contribution in [2.24, 2.45) is 0 Å². The highest BCUT2D eigenvalue weighted by Crippen LogP contribution is 2.49. The van der Waals surface area contributed by atoms with Crippen LogP contribution in [0.15, 0.2) is 54.6 Å². The number of ether oxygens (including phenoxy) is 1. The van der Waals surface area contributed by atoms with E-state index in [1.807, 2.05) is 37.3 Å². The van der Waals surface area contributed by atoms with Crippen LogP contribution in [0.5, 0.6) is 0 Å². The van der Waals surface area contributed by atoms with Gasteiger partial charge in [-0.25, -0.2) is 4.79 Å². The first-order valence-electron chi connectivity index (χ1n) is 11.6. The summed E-state index contributed by atoms with van der Waals surface area (Å²) in [6.45, 7) is 1.43.